The average molecular weight is 257 g/mol. The van der Waals surface area contributed by atoms with E-state index in [9.17, 15) is 16.8 Å². The van der Waals surface area contributed by atoms with Gasteiger partial charge in [0, 0.05) is 7.05 Å². The summed E-state index contributed by atoms with van der Waals surface area (Å²) < 4.78 is 49.9. The fourth-order valence-corrected chi connectivity index (χ4v) is 2.64. The smallest absolute Gasteiger partial charge is 0.264 e. The molecule has 0 N–H and O–H groups in total. The third-order valence-electron chi connectivity index (χ3n) is 2.53. The molecule has 1 rings (SSSR count). The SMILES string of the molecule is CN(C1(COS(C)(=O)=O)CC1)S(C)(=O)=O. The Hall–Kier alpha value is -0.180. The van der Waals surface area contributed by atoms with Crippen molar-refractivity contribution >= 4 is 20.1 Å². The Morgan fingerprint density at radius 3 is 1.93 bits per heavy atom. The summed E-state index contributed by atoms with van der Waals surface area (Å²) >= 11 is 0. The molecule has 0 saturated heterocycles. The van der Waals surface area contributed by atoms with E-state index in [0.717, 1.165) is 12.5 Å². The molecule has 8 heteroatoms. The standard InChI is InChI=1S/C7H15NO5S2/c1-8(14(2,9)10)7(4-5-7)6-13-15(3,11)12/h4-6H2,1-3H3. The minimum atomic E-state index is -3.52. The quantitative estimate of drug-likeness (QED) is 0.614. The van der Waals surface area contributed by atoms with Gasteiger partial charge in [0.1, 0.15) is 0 Å². The van der Waals surface area contributed by atoms with Crippen LogP contribution in [0.4, 0.5) is 0 Å². The van der Waals surface area contributed by atoms with Crippen LogP contribution in [0.15, 0.2) is 0 Å². The highest BCUT2D eigenvalue weighted by molar-refractivity contribution is 7.88. The van der Waals surface area contributed by atoms with E-state index in [4.69, 9.17) is 0 Å². The van der Waals surface area contributed by atoms with E-state index < -0.39 is 25.7 Å². The maximum atomic E-state index is 11.3. The Morgan fingerprint density at radius 2 is 1.67 bits per heavy atom. The van der Waals surface area contributed by atoms with Crippen LogP contribution in [0.1, 0.15) is 12.8 Å². The first kappa shape index (κ1) is 12.9. The van der Waals surface area contributed by atoms with Gasteiger partial charge in [-0.2, -0.15) is 12.7 Å². The van der Waals surface area contributed by atoms with Gasteiger partial charge < -0.3 is 0 Å². The number of sulfonamides is 1. The topological polar surface area (TPSA) is 80.8 Å². The molecule has 0 aromatic rings. The summed E-state index contributed by atoms with van der Waals surface area (Å²) in [6.07, 6.45) is 3.30. The van der Waals surface area contributed by atoms with E-state index in [1.165, 1.54) is 11.4 Å². The molecular formula is C7H15NO5S2. The normalized spacial score (nSPS) is 20.5. The molecule has 0 radical (unpaired) electrons. The van der Waals surface area contributed by atoms with Crippen LogP contribution >= 0.6 is 0 Å². The van der Waals surface area contributed by atoms with E-state index >= 15 is 0 Å². The van der Waals surface area contributed by atoms with Crippen molar-refractivity contribution in [2.24, 2.45) is 0 Å². The number of nitrogens with zero attached hydrogens (tertiary/aromatic N) is 1. The highest BCUT2D eigenvalue weighted by Gasteiger charge is 2.50. The van der Waals surface area contributed by atoms with Gasteiger partial charge in [0.25, 0.3) is 10.1 Å². The second kappa shape index (κ2) is 3.69. The van der Waals surface area contributed by atoms with Crippen LogP contribution in [0, 0.1) is 0 Å². The van der Waals surface area contributed by atoms with Gasteiger partial charge in [0.05, 0.1) is 24.7 Å². The molecule has 1 aliphatic rings. The van der Waals surface area contributed by atoms with Crippen molar-refractivity contribution in [1.82, 2.24) is 4.31 Å². The zero-order valence-corrected chi connectivity index (χ0v) is 10.6. The predicted molar refractivity (Wildman–Crippen MR) is 55.4 cm³/mol. The Kier molecular flexibility index (Phi) is 3.17. The molecule has 0 aromatic heterocycles. The van der Waals surface area contributed by atoms with Crippen LogP contribution in [-0.2, 0) is 24.3 Å². The molecule has 1 aliphatic carbocycles. The van der Waals surface area contributed by atoms with Gasteiger partial charge in [-0.15, -0.1) is 0 Å². The zero-order valence-electron chi connectivity index (χ0n) is 8.93. The van der Waals surface area contributed by atoms with Crippen LogP contribution in [0.5, 0.6) is 0 Å². The summed E-state index contributed by atoms with van der Waals surface area (Å²) in [5.41, 5.74) is -0.656. The summed E-state index contributed by atoms with van der Waals surface area (Å²) in [6.45, 7) is -0.102. The van der Waals surface area contributed by atoms with Crippen molar-refractivity contribution in [1.29, 1.82) is 0 Å². The van der Waals surface area contributed by atoms with E-state index in [-0.39, 0.29) is 6.61 Å². The average Bonchev–Trinajstić information content (AvgIpc) is 2.77. The summed E-state index contributed by atoms with van der Waals surface area (Å²) in [7, 11) is -5.39. The first-order valence-electron chi connectivity index (χ1n) is 4.35. The molecule has 0 bridgehead atoms. The first-order chi connectivity index (χ1) is 6.57. The van der Waals surface area contributed by atoms with Crippen molar-refractivity contribution in [2.75, 3.05) is 26.2 Å². The maximum Gasteiger partial charge on any atom is 0.264 e. The second-order valence-electron chi connectivity index (χ2n) is 3.92. The van der Waals surface area contributed by atoms with Crippen LogP contribution in [0.25, 0.3) is 0 Å². The predicted octanol–water partition coefficient (Wildman–Crippen LogP) is -0.613. The number of hydrogen-bond donors (Lipinski definition) is 0. The lowest BCUT2D eigenvalue weighted by Gasteiger charge is -2.24. The fraction of sp³-hybridized carbons (Fsp3) is 1.00. The van der Waals surface area contributed by atoms with Crippen LogP contribution < -0.4 is 0 Å². The lowest BCUT2D eigenvalue weighted by Crippen LogP contribution is -2.41. The third kappa shape index (κ3) is 3.40. The fourth-order valence-electron chi connectivity index (χ4n) is 1.26. The second-order valence-corrected chi connectivity index (χ2v) is 7.58. The van der Waals surface area contributed by atoms with Crippen molar-refractivity contribution in [3.05, 3.63) is 0 Å². The minimum Gasteiger partial charge on any atom is -0.268 e. The van der Waals surface area contributed by atoms with E-state index in [0.29, 0.717) is 12.8 Å². The highest BCUT2D eigenvalue weighted by Crippen LogP contribution is 2.42. The van der Waals surface area contributed by atoms with Gasteiger partial charge in [-0.25, -0.2) is 8.42 Å². The maximum absolute atomic E-state index is 11.3. The van der Waals surface area contributed by atoms with Gasteiger partial charge in [-0.3, -0.25) is 4.18 Å². The lowest BCUT2D eigenvalue weighted by molar-refractivity contribution is 0.212. The molecular weight excluding hydrogens is 242 g/mol. The van der Waals surface area contributed by atoms with E-state index in [1.807, 2.05) is 0 Å². The lowest BCUT2D eigenvalue weighted by atomic mass is 10.3. The Morgan fingerprint density at radius 1 is 1.20 bits per heavy atom. The van der Waals surface area contributed by atoms with Crippen molar-refractivity contribution in [2.45, 2.75) is 18.4 Å². The number of rotatable bonds is 5. The molecule has 1 saturated carbocycles. The summed E-state index contributed by atoms with van der Waals surface area (Å²) in [5.74, 6) is 0. The number of likely N-dealkylation sites (N-methyl/N-ethyl adjacent to an activating group) is 1. The summed E-state index contributed by atoms with van der Waals surface area (Å²) in [5, 5.41) is 0. The molecule has 0 heterocycles. The molecule has 0 amide bonds. The Bertz CT molecular complexity index is 434. The monoisotopic (exact) mass is 257 g/mol. The largest absolute Gasteiger partial charge is 0.268 e. The Labute approximate surface area is 90.4 Å². The van der Waals surface area contributed by atoms with Crippen molar-refractivity contribution in [3.8, 4) is 0 Å². The summed E-state index contributed by atoms with van der Waals surface area (Å²) in [4.78, 5) is 0. The molecule has 90 valence electrons. The van der Waals surface area contributed by atoms with E-state index in [1.54, 1.807) is 0 Å². The van der Waals surface area contributed by atoms with Crippen LogP contribution in [-0.4, -0.2) is 52.8 Å². The van der Waals surface area contributed by atoms with Crippen LogP contribution in [0.2, 0.25) is 0 Å². The molecule has 6 nitrogen and oxygen atoms in total. The van der Waals surface area contributed by atoms with Gasteiger partial charge in [-0.05, 0) is 12.8 Å². The number of hydrogen-bond acceptors (Lipinski definition) is 5. The molecule has 0 atom stereocenters. The zero-order chi connectivity index (χ0) is 11.9. The van der Waals surface area contributed by atoms with Gasteiger partial charge in [0.2, 0.25) is 10.0 Å². The van der Waals surface area contributed by atoms with Gasteiger partial charge in [0.15, 0.2) is 0 Å². The minimum absolute atomic E-state index is 0.102. The van der Waals surface area contributed by atoms with E-state index in [2.05, 4.69) is 4.18 Å². The van der Waals surface area contributed by atoms with Crippen molar-refractivity contribution in [3.63, 3.8) is 0 Å². The van der Waals surface area contributed by atoms with Crippen molar-refractivity contribution < 1.29 is 21.0 Å². The highest BCUT2D eigenvalue weighted by atomic mass is 32.2. The van der Waals surface area contributed by atoms with Gasteiger partial charge >= 0.3 is 0 Å². The first-order valence-corrected chi connectivity index (χ1v) is 8.02. The molecule has 1 fully saturated rings. The molecule has 15 heavy (non-hydrogen) atoms. The van der Waals surface area contributed by atoms with Crippen LogP contribution in [0.3, 0.4) is 0 Å². The molecule has 0 aromatic carbocycles. The Balaban J connectivity index is 2.70. The third-order valence-corrected chi connectivity index (χ3v) is 4.46. The summed E-state index contributed by atoms with van der Waals surface area (Å²) in [6, 6.07) is 0. The van der Waals surface area contributed by atoms with Gasteiger partial charge in [-0.1, -0.05) is 0 Å². The molecule has 0 unspecified atom stereocenters. The molecule has 0 aliphatic heterocycles. The molecule has 0 spiro atoms.